The molecule has 0 saturated heterocycles. The maximum atomic E-state index is 13.1. The molecule has 0 unspecified atom stereocenters. The number of sulfonamides is 1. The number of nitrogens with one attached hydrogen (secondary N) is 3. The molecule has 32 heavy (non-hydrogen) atoms. The molecule has 8 nitrogen and oxygen atoms in total. The number of nitrogens with zero attached hydrogens (tertiary/aromatic N) is 2. The van der Waals surface area contributed by atoms with Gasteiger partial charge in [-0.15, -0.1) is 0 Å². The van der Waals surface area contributed by atoms with Crippen LogP contribution in [-0.2, 0) is 15.4 Å². The Labute approximate surface area is 188 Å². The molecule has 0 aliphatic rings. The zero-order valence-electron chi connectivity index (χ0n) is 18.7. The average molecular weight is 454 g/mol. The lowest BCUT2D eigenvalue weighted by Gasteiger charge is -2.22. The van der Waals surface area contributed by atoms with E-state index in [2.05, 4.69) is 25.5 Å². The maximum Gasteiger partial charge on any atom is 0.269 e. The van der Waals surface area contributed by atoms with Gasteiger partial charge in [-0.1, -0.05) is 26.8 Å². The van der Waals surface area contributed by atoms with Crippen molar-refractivity contribution in [3.63, 3.8) is 0 Å². The number of anilines is 2. The van der Waals surface area contributed by atoms with Crippen LogP contribution in [-0.4, -0.2) is 24.3 Å². The van der Waals surface area contributed by atoms with Gasteiger partial charge < -0.3 is 0 Å². The van der Waals surface area contributed by atoms with Crippen LogP contribution in [0.3, 0.4) is 0 Å². The standard InChI is InChI=1S/C23H27N5O3S/c1-15-12-18(23(3,4)5)13-20(16(15)2)32(30,31)28-19-8-6-17(7-9-19)22(29)27-26-21-14-24-10-11-25-21/h6-14,28H,1-5H3,(H,25,26)(H,27,29). The quantitative estimate of drug-likeness (QED) is 0.487. The second-order valence-electron chi connectivity index (χ2n) is 8.52. The molecule has 2 aromatic carbocycles. The molecule has 0 radical (unpaired) electrons. The van der Waals surface area contributed by atoms with Crippen LogP contribution in [0.1, 0.15) is 47.8 Å². The Hall–Kier alpha value is -3.46. The highest BCUT2D eigenvalue weighted by Gasteiger charge is 2.23. The Balaban J connectivity index is 1.76. The highest BCUT2D eigenvalue weighted by Crippen LogP contribution is 2.30. The predicted molar refractivity (Wildman–Crippen MR) is 125 cm³/mol. The van der Waals surface area contributed by atoms with Crippen molar-refractivity contribution in [2.24, 2.45) is 0 Å². The molecule has 9 heteroatoms. The van der Waals surface area contributed by atoms with Crippen LogP contribution in [0.5, 0.6) is 0 Å². The number of carbonyl (C=O) groups is 1. The van der Waals surface area contributed by atoms with Gasteiger partial charge in [-0.3, -0.25) is 25.4 Å². The molecule has 1 heterocycles. The van der Waals surface area contributed by atoms with Crippen molar-refractivity contribution < 1.29 is 13.2 Å². The normalized spacial score (nSPS) is 11.7. The van der Waals surface area contributed by atoms with Crippen molar-refractivity contribution in [1.82, 2.24) is 15.4 Å². The summed E-state index contributed by atoms with van der Waals surface area (Å²) in [5, 5.41) is 0. The Kier molecular flexibility index (Phi) is 6.50. The first kappa shape index (κ1) is 23.2. The first-order valence-electron chi connectivity index (χ1n) is 10.0. The molecule has 0 aliphatic carbocycles. The second-order valence-corrected chi connectivity index (χ2v) is 10.2. The highest BCUT2D eigenvalue weighted by molar-refractivity contribution is 7.92. The number of hydrogen-bond acceptors (Lipinski definition) is 6. The largest absolute Gasteiger partial charge is 0.280 e. The van der Waals surface area contributed by atoms with E-state index in [-0.39, 0.29) is 10.3 Å². The molecule has 0 fully saturated rings. The van der Waals surface area contributed by atoms with Crippen LogP contribution in [0.15, 0.2) is 59.9 Å². The lowest BCUT2D eigenvalue weighted by atomic mass is 9.85. The lowest BCUT2D eigenvalue weighted by Crippen LogP contribution is -2.29. The van der Waals surface area contributed by atoms with Gasteiger partial charge in [-0.25, -0.2) is 13.4 Å². The fraction of sp³-hybridized carbons (Fsp3) is 0.261. The minimum atomic E-state index is -3.81. The highest BCUT2D eigenvalue weighted by atomic mass is 32.2. The minimum absolute atomic E-state index is 0.183. The molecule has 3 N–H and O–H groups in total. The van der Waals surface area contributed by atoms with Gasteiger partial charge in [0.15, 0.2) is 5.82 Å². The summed E-state index contributed by atoms with van der Waals surface area (Å²) in [7, 11) is -3.81. The van der Waals surface area contributed by atoms with Gasteiger partial charge in [-0.05, 0) is 66.3 Å². The summed E-state index contributed by atoms with van der Waals surface area (Å²) in [6, 6.07) is 9.92. The maximum absolute atomic E-state index is 13.1. The zero-order valence-corrected chi connectivity index (χ0v) is 19.5. The van der Waals surface area contributed by atoms with E-state index in [4.69, 9.17) is 0 Å². The van der Waals surface area contributed by atoms with Crippen LogP contribution in [0.4, 0.5) is 11.5 Å². The third-order valence-electron chi connectivity index (χ3n) is 5.04. The number of hydrazine groups is 1. The SMILES string of the molecule is Cc1cc(C(C)(C)C)cc(S(=O)(=O)Nc2ccc(C(=O)NNc3cnccn3)cc2)c1C. The molecule has 0 atom stereocenters. The molecule has 168 valence electrons. The predicted octanol–water partition coefficient (Wildman–Crippen LogP) is 3.95. The number of aryl methyl sites for hydroxylation is 1. The molecule has 1 aromatic heterocycles. The number of carbonyl (C=O) groups excluding carboxylic acids is 1. The van der Waals surface area contributed by atoms with Crippen molar-refractivity contribution in [2.75, 3.05) is 10.1 Å². The average Bonchev–Trinajstić information content (AvgIpc) is 2.74. The Morgan fingerprint density at radius 1 is 1.00 bits per heavy atom. The van der Waals surface area contributed by atoms with Crippen molar-refractivity contribution in [2.45, 2.75) is 44.9 Å². The van der Waals surface area contributed by atoms with E-state index in [0.717, 1.165) is 11.1 Å². The number of hydrogen-bond donors (Lipinski definition) is 3. The van der Waals surface area contributed by atoms with Crippen LogP contribution in [0, 0.1) is 13.8 Å². The third kappa shape index (κ3) is 5.42. The first-order valence-corrected chi connectivity index (χ1v) is 11.5. The van der Waals surface area contributed by atoms with Crippen LogP contribution >= 0.6 is 0 Å². The Morgan fingerprint density at radius 3 is 2.28 bits per heavy atom. The summed E-state index contributed by atoms with van der Waals surface area (Å²) in [4.78, 5) is 20.4. The molecular weight excluding hydrogens is 426 g/mol. The summed E-state index contributed by atoms with van der Waals surface area (Å²) in [5.74, 6) is 0.00258. The molecule has 3 aromatic rings. The summed E-state index contributed by atoms with van der Waals surface area (Å²) < 4.78 is 28.8. The van der Waals surface area contributed by atoms with Gasteiger partial charge >= 0.3 is 0 Å². The van der Waals surface area contributed by atoms with E-state index in [1.54, 1.807) is 25.1 Å². The van der Waals surface area contributed by atoms with Gasteiger partial charge in [-0.2, -0.15) is 0 Å². The summed E-state index contributed by atoms with van der Waals surface area (Å²) in [5.41, 5.74) is 8.28. The van der Waals surface area contributed by atoms with Gasteiger partial charge in [0.2, 0.25) is 0 Å². The fourth-order valence-corrected chi connectivity index (χ4v) is 4.40. The zero-order chi connectivity index (χ0) is 23.5. The summed E-state index contributed by atoms with van der Waals surface area (Å²) in [6.07, 6.45) is 4.49. The lowest BCUT2D eigenvalue weighted by molar-refractivity contribution is 0.0962. The van der Waals surface area contributed by atoms with E-state index in [9.17, 15) is 13.2 Å². The molecule has 0 spiro atoms. The van der Waals surface area contributed by atoms with Gasteiger partial charge in [0, 0.05) is 23.6 Å². The Bertz CT molecular complexity index is 1220. The van der Waals surface area contributed by atoms with Crippen molar-refractivity contribution in [3.8, 4) is 0 Å². The van der Waals surface area contributed by atoms with Crippen molar-refractivity contribution in [3.05, 3.63) is 77.2 Å². The molecule has 0 bridgehead atoms. The molecule has 1 amide bonds. The van der Waals surface area contributed by atoms with Crippen molar-refractivity contribution >= 4 is 27.4 Å². The fourth-order valence-electron chi connectivity index (χ4n) is 3.00. The monoisotopic (exact) mass is 453 g/mol. The van der Waals surface area contributed by atoms with Crippen LogP contribution < -0.4 is 15.6 Å². The number of rotatable bonds is 6. The molecule has 0 saturated carbocycles. The van der Waals surface area contributed by atoms with E-state index < -0.39 is 15.9 Å². The van der Waals surface area contributed by atoms with Crippen molar-refractivity contribution in [1.29, 1.82) is 0 Å². The van der Waals surface area contributed by atoms with E-state index in [1.165, 1.54) is 30.7 Å². The van der Waals surface area contributed by atoms with Crippen LogP contribution in [0.2, 0.25) is 0 Å². The minimum Gasteiger partial charge on any atom is -0.280 e. The van der Waals surface area contributed by atoms with E-state index in [0.29, 0.717) is 22.6 Å². The molecule has 3 rings (SSSR count). The number of amides is 1. The third-order valence-corrected chi connectivity index (χ3v) is 6.55. The Morgan fingerprint density at radius 2 is 1.69 bits per heavy atom. The van der Waals surface area contributed by atoms with Crippen LogP contribution in [0.25, 0.3) is 0 Å². The van der Waals surface area contributed by atoms with E-state index >= 15 is 0 Å². The summed E-state index contributed by atoms with van der Waals surface area (Å²) in [6.45, 7) is 9.84. The molecule has 0 aliphatic heterocycles. The van der Waals surface area contributed by atoms with Gasteiger partial charge in [0.1, 0.15) is 0 Å². The topological polar surface area (TPSA) is 113 Å². The van der Waals surface area contributed by atoms with E-state index in [1.807, 2.05) is 33.8 Å². The second kappa shape index (κ2) is 8.96. The molecular formula is C23H27N5O3S. The smallest absolute Gasteiger partial charge is 0.269 e. The first-order chi connectivity index (χ1) is 15.0. The van der Waals surface area contributed by atoms with Gasteiger partial charge in [0.05, 0.1) is 11.1 Å². The summed E-state index contributed by atoms with van der Waals surface area (Å²) >= 11 is 0. The number of benzene rings is 2. The van der Waals surface area contributed by atoms with Gasteiger partial charge in [0.25, 0.3) is 15.9 Å². The number of aromatic nitrogens is 2.